The smallest absolute Gasteiger partial charge is 0.322 e. The maximum Gasteiger partial charge on any atom is 0.322 e. The number of carbonyl (C=O) groups is 1. The second-order valence-electron chi connectivity index (χ2n) is 7.09. The van der Waals surface area contributed by atoms with Gasteiger partial charge in [-0.05, 0) is 43.9 Å². The molecule has 4 N–H and O–H groups in total. The fraction of sp³-hybridized carbons (Fsp3) is 0.750. The van der Waals surface area contributed by atoms with E-state index in [9.17, 15) is 14.9 Å². The third-order valence-electron chi connectivity index (χ3n) is 5.38. The van der Waals surface area contributed by atoms with Gasteiger partial charge in [0, 0.05) is 12.1 Å². The van der Waals surface area contributed by atoms with Crippen LogP contribution in [0.4, 0.5) is 5.69 Å². The number of aromatic amines is 1. The first-order valence-corrected chi connectivity index (χ1v) is 8.79. The molecule has 2 saturated carbocycles. The molecule has 0 spiro atoms. The van der Waals surface area contributed by atoms with Gasteiger partial charge in [-0.15, -0.1) is 0 Å². The number of carbonyl (C=O) groups excluding carboxylic acids is 1. The number of nitro groups is 1. The Morgan fingerprint density at radius 1 is 1.42 bits per heavy atom. The summed E-state index contributed by atoms with van der Waals surface area (Å²) in [6.07, 6.45) is 6.33. The zero-order valence-corrected chi connectivity index (χ0v) is 14.0. The topological polar surface area (TPSA) is 127 Å². The first kappa shape index (κ1) is 16.9. The van der Waals surface area contributed by atoms with Crippen LogP contribution in [0.25, 0.3) is 0 Å². The van der Waals surface area contributed by atoms with Gasteiger partial charge in [-0.2, -0.15) is 5.10 Å². The fourth-order valence-electron chi connectivity index (χ4n) is 4.40. The molecule has 2 atom stereocenters. The van der Waals surface area contributed by atoms with Crippen LogP contribution in [0.1, 0.15) is 61.6 Å². The molecule has 2 unspecified atom stereocenters. The lowest BCUT2D eigenvalue weighted by Crippen LogP contribution is -2.53. The average Bonchev–Trinajstić information content (AvgIpc) is 2.92. The number of aromatic nitrogens is 2. The monoisotopic (exact) mass is 335 g/mol. The fourth-order valence-corrected chi connectivity index (χ4v) is 4.40. The van der Waals surface area contributed by atoms with Crippen molar-refractivity contribution in [1.29, 1.82) is 0 Å². The predicted molar refractivity (Wildman–Crippen MR) is 88.5 cm³/mol. The van der Waals surface area contributed by atoms with E-state index in [1.54, 1.807) is 0 Å². The molecule has 1 aromatic rings. The molecule has 2 fully saturated rings. The zero-order chi connectivity index (χ0) is 17.3. The maximum atomic E-state index is 12.6. The minimum atomic E-state index is -0.513. The van der Waals surface area contributed by atoms with Crippen LogP contribution in [0.5, 0.6) is 0 Å². The summed E-state index contributed by atoms with van der Waals surface area (Å²) in [4.78, 5) is 23.5. The molecule has 0 radical (unpaired) electrons. The van der Waals surface area contributed by atoms with Crippen molar-refractivity contribution in [2.75, 3.05) is 0 Å². The molecule has 24 heavy (non-hydrogen) atoms. The Morgan fingerprint density at radius 3 is 2.67 bits per heavy atom. The predicted octanol–water partition coefficient (Wildman–Crippen LogP) is 1.91. The molecule has 2 bridgehead atoms. The first-order chi connectivity index (χ1) is 11.5. The molecule has 0 aliphatic heterocycles. The highest BCUT2D eigenvalue weighted by molar-refractivity contribution is 5.96. The van der Waals surface area contributed by atoms with E-state index in [1.807, 2.05) is 6.92 Å². The number of amides is 1. The summed E-state index contributed by atoms with van der Waals surface area (Å²) >= 11 is 0. The largest absolute Gasteiger partial charge is 0.347 e. The normalized spacial score (nSPS) is 29.2. The summed E-state index contributed by atoms with van der Waals surface area (Å²) in [5.74, 6) is 0.284. The molecular formula is C16H25N5O3. The Labute approximate surface area is 140 Å². The summed E-state index contributed by atoms with van der Waals surface area (Å²) in [5.41, 5.74) is 6.24. The van der Waals surface area contributed by atoms with Crippen LogP contribution in [0.15, 0.2) is 0 Å². The quantitative estimate of drug-likeness (QED) is 0.559. The lowest BCUT2D eigenvalue weighted by molar-refractivity contribution is -0.385. The van der Waals surface area contributed by atoms with E-state index in [0.717, 1.165) is 38.5 Å². The Morgan fingerprint density at radius 2 is 2.08 bits per heavy atom. The minimum absolute atomic E-state index is 0.0528. The second kappa shape index (κ2) is 6.88. The van der Waals surface area contributed by atoms with E-state index in [0.29, 0.717) is 24.0 Å². The summed E-state index contributed by atoms with van der Waals surface area (Å²) in [6.45, 7) is 1.93. The molecule has 2 aliphatic carbocycles. The molecule has 1 aromatic heterocycles. The van der Waals surface area contributed by atoms with Crippen molar-refractivity contribution in [2.24, 2.45) is 17.6 Å². The molecule has 2 aliphatic rings. The highest BCUT2D eigenvalue weighted by Gasteiger charge is 2.41. The molecule has 0 saturated heterocycles. The van der Waals surface area contributed by atoms with E-state index >= 15 is 0 Å². The van der Waals surface area contributed by atoms with E-state index in [-0.39, 0.29) is 23.5 Å². The van der Waals surface area contributed by atoms with Crippen molar-refractivity contribution in [2.45, 2.75) is 64.0 Å². The summed E-state index contributed by atoms with van der Waals surface area (Å²) in [5, 5.41) is 21.0. The molecule has 3 rings (SSSR count). The molecule has 0 aromatic carbocycles. The van der Waals surface area contributed by atoms with E-state index in [2.05, 4.69) is 15.5 Å². The third-order valence-corrected chi connectivity index (χ3v) is 5.38. The summed E-state index contributed by atoms with van der Waals surface area (Å²) in [6, 6.07) is 0.251. The summed E-state index contributed by atoms with van der Waals surface area (Å²) < 4.78 is 0. The lowest BCUT2D eigenvalue weighted by Gasteiger charge is -2.45. The van der Waals surface area contributed by atoms with Gasteiger partial charge in [0.15, 0.2) is 0 Å². The van der Waals surface area contributed by atoms with Crippen LogP contribution in [0.2, 0.25) is 0 Å². The zero-order valence-electron chi connectivity index (χ0n) is 14.0. The van der Waals surface area contributed by atoms with Gasteiger partial charge in [-0.1, -0.05) is 19.8 Å². The van der Waals surface area contributed by atoms with Crippen LogP contribution in [-0.2, 0) is 6.42 Å². The van der Waals surface area contributed by atoms with E-state index in [4.69, 9.17) is 5.73 Å². The van der Waals surface area contributed by atoms with Crippen LogP contribution in [0.3, 0.4) is 0 Å². The summed E-state index contributed by atoms with van der Waals surface area (Å²) in [7, 11) is 0. The number of nitrogens with zero attached hydrogens (tertiary/aromatic N) is 2. The number of nitrogens with two attached hydrogens (primary N) is 1. The van der Waals surface area contributed by atoms with Crippen molar-refractivity contribution in [3.8, 4) is 0 Å². The Hall–Kier alpha value is -1.96. The van der Waals surface area contributed by atoms with Gasteiger partial charge in [0.2, 0.25) is 5.69 Å². The molecule has 8 nitrogen and oxygen atoms in total. The van der Waals surface area contributed by atoms with Crippen molar-refractivity contribution in [3.63, 3.8) is 0 Å². The van der Waals surface area contributed by atoms with E-state index in [1.165, 1.54) is 0 Å². The maximum absolute atomic E-state index is 12.6. The van der Waals surface area contributed by atoms with Gasteiger partial charge in [-0.3, -0.25) is 20.0 Å². The van der Waals surface area contributed by atoms with Crippen molar-refractivity contribution < 1.29 is 9.72 Å². The van der Waals surface area contributed by atoms with Gasteiger partial charge in [0.05, 0.1) is 4.92 Å². The second-order valence-corrected chi connectivity index (χ2v) is 7.09. The first-order valence-electron chi connectivity index (χ1n) is 8.79. The van der Waals surface area contributed by atoms with Crippen molar-refractivity contribution >= 4 is 11.6 Å². The van der Waals surface area contributed by atoms with Crippen LogP contribution < -0.4 is 11.1 Å². The highest BCUT2D eigenvalue weighted by Crippen LogP contribution is 2.40. The third kappa shape index (κ3) is 3.15. The molecule has 1 heterocycles. The molecule has 8 heteroatoms. The van der Waals surface area contributed by atoms with Gasteiger partial charge in [0.1, 0.15) is 5.69 Å². The van der Waals surface area contributed by atoms with E-state index < -0.39 is 10.8 Å². The van der Waals surface area contributed by atoms with Crippen LogP contribution >= 0.6 is 0 Å². The number of fused-ring (bicyclic) bond motifs is 2. The van der Waals surface area contributed by atoms with Crippen molar-refractivity contribution in [1.82, 2.24) is 15.5 Å². The van der Waals surface area contributed by atoms with Crippen LogP contribution in [0, 0.1) is 22.0 Å². The molecule has 132 valence electrons. The number of nitrogens with one attached hydrogen (secondary N) is 2. The number of hydrogen-bond acceptors (Lipinski definition) is 5. The van der Waals surface area contributed by atoms with Gasteiger partial charge in [-0.25, -0.2) is 0 Å². The molecule has 1 amide bonds. The number of aryl methyl sites for hydroxylation is 1. The van der Waals surface area contributed by atoms with Gasteiger partial charge >= 0.3 is 5.69 Å². The minimum Gasteiger partial charge on any atom is -0.347 e. The van der Waals surface area contributed by atoms with Gasteiger partial charge < -0.3 is 11.1 Å². The lowest BCUT2D eigenvalue weighted by atomic mass is 9.67. The Bertz CT molecular complexity index is 615. The standard InChI is InChI=1S/C16H25N5O3/c1-2-4-12-15(21(23)24)14(20-19-12)16(22)18-13-9-5-3-6-10(13)8-11(17)7-9/h9-11,13H,2-8,17H2,1H3,(H,18,22)(H,19,20). The number of rotatable bonds is 5. The average molecular weight is 335 g/mol. The number of H-pyrrole nitrogens is 1. The molecular weight excluding hydrogens is 310 g/mol. The Kier molecular flexibility index (Phi) is 4.84. The highest BCUT2D eigenvalue weighted by atomic mass is 16.6. The van der Waals surface area contributed by atoms with Crippen molar-refractivity contribution in [3.05, 3.63) is 21.5 Å². The van der Waals surface area contributed by atoms with Crippen LogP contribution in [-0.4, -0.2) is 33.1 Å². The Balaban J connectivity index is 1.79. The SMILES string of the molecule is CCCc1[nH]nc(C(=O)NC2C3CCCC2CC(N)C3)c1[N+](=O)[O-]. The number of hydrogen-bond donors (Lipinski definition) is 3. The van der Waals surface area contributed by atoms with Gasteiger partial charge in [0.25, 0.3) is 5.91 Å².